The first-order chi connectivity index (χ1) is 17.0. The highest BCUT2D eigenvalue weighted by atomic mass is 16.6. The lowest BCUT2D eigenvalue weighted by Gasteiger charge is -2.14. The summed E-state index contributed by atoms with van der Waals surface area (Å²) in [5.74, 6) is 0.599. The number of hydrogen-bond donors (Lipinski definition) is 0. The van der Waals surface area contributed by atoms with Gasteiger partial charge < -0.3 is 23.8 Å². The standard InChI is InChI=1S/C28H29NO6/c1-20-9-11-21(12-10-20)17-35-29-16-22-13-14-26(32-3)27(15-22)34-18-23-7-5-6-8-24(23)25(19-31-2)28(30)33-4/h5-16,19H,17-18H2,1-4H3. The lowest BCUT2D eigenvalue weighted by atomic mass is 10.0. The maximum Gasteiger partial charge on any atom is 0.341 e. The van der Waals surface area contributed by atoms with E-state index in [1.54, 1.807) is 19.4 Å². The van der Waals surface area contributed by atoms with Gasteiger partial charge in [-0.15, -0.1) is 0 Å². The molecule has 0 saturated heterocycles. The fourth-order valence-corrected chi connectivity index (χ4v) is 3.29. The van der Waals surface area contributed by atoms with E-state index in [0.717, 1.165) is 16.7 Å². The molecule has 3 aromatic rings. The Morgan fingerprint density at radius 3 is 2.40 bits per heavy atom. The number of rotatable bonds is 11. The molecule has 0 aromatic heterocycles. The summed E-state index contributed by atoms with van der Waals surface area (Å²) in [5, 5.41) is 4.07. The number of carbonyl (C=O) groups excluding carboxylic acids is 1. The summed E-state index contributed by atoms with van der Waals surface area (Å²) in [6.45, 7) is 2.61. The molecule has 0 aliphatic heterocycles. The number of benzene rings is 3. The van der Waals surface area contributed by atoms with E-state index in [1.807, 2.05) is 67.6 Å². The van der Waals surface area contributed by atoms with Gasteiger partial charge >= 0.3 is 5.97 Å². The van der Waals surface area contributed by atoms with Crippen LogP contribution in [0.25, 0.3) is 5.57 Å². The molecule has 35 heavy (non-hydrogen) atoms. The Balaban J connectivity index is 1.73. The molecule has 0 heterocycles. The zero-order valence-corrected chi connectivity index (χ0v) is 20.3. The molecule has 0 amide bonds. The van der Waals surface area contributed by atoms with Gasteiger partial charge in [0.25, 0.3) is 0 Å². The van der Waals surface area contributed by atoms with Crippen molar-refractivity contribution in [2.24, 2.45) is 5.16 Å². The Morgan fingerprint density at radius 1 is 0.914 bits per heavy atom. The van der Waals surface area contributed by atoms with Gasteiger partial charge in [-0.25, -0.2) is 4.79 Å². The van der Waals surface area contributed by atoms with Crippen molar-refractivity contribution in [1.82, 2.24) is 0 Å². The molecule has 0 fully saturated rings. The van der Waals surface area contributed by atoms with Gasteiger partial charge in [0, 0.05) is 5.56 Å². The van der Waals surface area contributed by atoms with Gasteiger partial charge in [0.15, 0.2) is 11.5 Å². The Bertz CT molecular complexity index is 1180. The van der Waals surface area contributed by atoms with E-state index in [4.69, 9.17) is 23.8 Å². The maximum absolute atomic E-state index is 12.2. The summed E-state index contributed by atoms with van der Waals surface area (Å²) >= 11 is 0. The minimum atomic E-state index is -0.499. The molecule has 0 spiro atoms. The first-order valence-corrected chi connectivity index (χ1v) is 11.0. The number of nitrogens with zero attached hydrogens (tertiary/aromatic N) is 1. The van der Waals surface area contributed by atoms with E-state index in [-0.39, 0.29) is 6.61 Å². The monoisotopic (exact) mass is 475 g/mol. The van der Waals surface area contributed by atoms with E-state index in [9.17, 15) is 4.79 Å². The van der Waals surface area contributed by atoms with E-state index in [1.165, 1.54) is 26.0 Å². The number of esters is 1. The second kappa shape index (κ2) is 12.8. The number of methoxy groups -OCH3 is 3. The van der Waals surface area contributed by atoms with Crippen LogP contribution in [0, 0.1) is 6.92 Å². The van der Waals surface area contributed by atoms with E-state index in [0.29, 0.717) is 29.2 Å². The van der Waals surface area contributed by atoms with Crippen LogP contribution in [0.3, 0.4) is 0 Å². The molecule has 7 nitrogen and oxygen atoms in total. The summed E-state index contributed by atoms with van der Waals surface area (Å²) in [4.78, 5) is 17.7. The van der Waals surface area contributed by atoms with Crippen LogP contribution in [-0.4, -0.2) is 33.5 Å². The highest BCUT2D eigenvalue weighted by Crippen LogP contribution is 2.30. The van der Waals surface area contributed by atoms with Crippen LogP contribution < -0.4 is 9.47 Å². The zero-order valence-electron chi connectivity index (χ0n) is 20.3. The Hall–Kier alpha value is -4.26. The van der Waals surface area contributed by atoms with Crippen LogP contribution in [-0.2, 0) is 32.3 Å². The largest absolute Gasteiger partial charge is 0.503 e. The second-order valence-electron chi connectivity index (χ2n) is 7.61. The van der Waals surface area contributed by atoms with Gasteiger partial charge in [-0.2, -0.15) is 0 Å². The Kier molecular flexibility index (Phi) is 9.31. The summed E-state index contributed by atoms with van der Waals surface area (Å²) in [6.07, 6.45) is 2.98. The van der Waals surface area contributed by atoms with Crippen molar-refractivity contribution in [3.05, 3.63) is 101 Å². The molecule has 0 radical (unpaired) electrons. The number of aryl methyl sites for hydroxylation is 1. The average molecular weight is 476 g/mol. The molecule has 182 valence electrons. The van der Waals surface area contributed by atoms with Crippen molar-refractivity contribution in [2.75, 3.05) is 21.3 Å². The molecule has 7 heteroatoms. The average Bonchev–Trinajstić information content (AvgIpc) is 2.89. The molecule has 0 N–H and O–H groups in total. The number of oxime groups is 1. The lowest BCUT2D eigenvalue weighted by Crippen LogP contribution is -2.08. The van der Waals surface area contributed by atoms with Crippen molar-refractivity contribution < 1.29 is 28.6 Å². The van der Waals surface area contributed by atoms with E-state index in [2.05, 4.69) is 5.16 Å². The van der Waals surface area contributed by atoms with Gasteiger partial charge in [0.2, 0.25) is 0 Å². The van der Waals surface area contributed by atoms with E-state index >= 15 is 0 Å². The molecule has 3 aromatic carbocycles. The van der Waals surface area contributed by atoms with Crippen LogP contribution in [0.2, 0.25) is 0 Å². The van der Waals surface area contributed by atoms with Crippen LogP contribution in [0.4, 0.5) is 0 Å². The van der Waals surface area contributed by atoms with E-state index < -0.39 is 5.97 Å². The molecule has 0 bridgehead atoms. The SMILES string of the molecule is COC=C(C(=O)OC)c1ccccc1COc1cc(C=NOCc2ccc(C)cc2)ccc1OC. The first kappa shape index (κ1) is 25.4. The Morgan fingerprint density at radius 2 is 1.69 bits per heavy atom. The fourth-order valence-electron chi connectivity index (χ4n) is 3.29. The normalized spacial score (nSPS) is 11.3. The van der Waals surface area contributed by atoms with Gasteiger partial charge in [-0.3, -0.25) is 0 Å². The third-order valence-electron chi connectivity index (χ3n) is 5.15. The van der Waals surface area contributed by atoms with Crippen LogP contribution in [0.5, 0.6) is 11.5 Å². The van der Waals surface area contributed by atoms with Crippen molar-refractivity contribution in [1.29, 1.82) is 0 Å². The molecular weight excluding hydrogens is 446 g/mol. The van der Waals surface area contributed by atoms with Crippen LogP contribution in [0.1, 0.15) is 27.8 Å². The lowest BCUT2D eigenvalue weighted by molar-refractivity contribution is -0.133. The first-order valence-electron chi connectivity index (χ1n) is 11.0. The van der Waals surface area contributed by atoms with Crippen molar-refractivity contribution >= 4 is 17.8 Å². The van der Waals surface area contributed by atoms with Crippen LogP contribution in [0.15, 0.2) is 78.1 Å². The zero-order chi connectivity index (χ0) is 25.0. The maximum atomic E-state index is 12.2. The second-order valence-corrected chi connectivity index (χ2v) is 7.61. The summed E-state index contributed by atoms with van der Waals surface area (Å²) < 4.78 is 21.5. The minimum absolute atomic E-state index is 0.190. The van der Waals surface area contributed by atoms with Crippen molar-refractivity contribution in [3.8, 4) is 11.5 Å². The molecular formula is C28H29NO6. The molecule has 3 rings (SSSR count). The summed E-state index contributed by atoms with van der Waals surface area (Å²) in [7, 11) is 4.38. The Labute approximate surface area is 205 Å². The van der Waals surface area contributed by atoms with Crippen molar-refractivity contribution in [2.45, 2.75) is 20.1 Å². The number of ether oxygens (including phenoxy) is 4. The predicted octanol–water partition coefficient (Wildman–Crippen LogP) is 5.29. The quantitative estimate of drug-likeness (QED) is 0.123. The minimum Gasteiger partial charge on any atom is -0.503 e. The summed E-state index contributed by atoms with van der Waals surface area (Å²) in [5.41, 5.74) is 4.76. The van der Waals surface area contributed by atoms with Gasteiger partial charge in [0.05, 0.1) is 33.8 Å². The molecule has 0 saturated carbocycles. The summed E-state index contributed by atoms with van der Waals surface area (Å²) in [6, 6.07) is 20.9. The van der Waals surface area contributed by atoms with Crippen LogP contribution >= 0.6 is 0 Å². The molecule has 0 aliphatic rings. The predicted molar refractivity (Wildman–Crippen MR) is 134 cm³/mol. The molecule has 0 atom stereocenters. The number of hydrogen-bond acceptors (Lipinski definition) is 7. The highest BCUT2D eigenvalue weighted by Gasteiger charge is 2.17. The third kappa shape index (κ3) is 7.11. The topological polar surface area (TPSA) is 75.6 Å². The molecule has 0 unspecified atom stereocenters. The van der Waals surface area contributed by atoms with Gasteiger partial charge in [-0.05, 0) is 41.8 Å². The molecule has 0 aliphatic carbocycles. The fraction of sp³-hybridized carbons (Fsp3) is 0.214. The smallest absolute Gasteiger partial charge is 0.341 e. The number of carbonyl (C=O) groups is 1. The van der Waals surface area contributed by atoms with Crippen molar-refractivity contribution in [3.63, 3.8) is 0 Å². The highest BCUT2D eigenvalue weighted by molar-refractivity contribution is 6.16. The van der Waals surface area contributed by atoms with Gasteiger partial charge in [0.1, 0.15) is 18.8 Å². The third-order valence-corrected chi connectivity index (χ3v) is 5.15. The van der Waals surface area contributed by atoms with Gasteiger partial charge in [-0.1, -0.05) is 59.3 Å².